The average molecular weight is 236 g/mol. The molecule has 0 amide bonds. The third kappa shape index (κ3) is 1.83. The second kappa shape index (κ2) is 4.44. The summed E-state index contributed by atoms with van der Waals surface area (Å²) in [7, 11) is 0. The fourth-order valence-electron chi connectivity index (χ4n) is 1.55. The minimum Gasteiger partial charge on any atom is -0.367 e. The van der Waals surface area contributed by atoms with Crippen molar-refractivity contribution in [3.8, 4) is 11.4 Å². The summed E-state index contributed by atoms with van der Waals surface area (Å²) in [6, 6.07) is 1.48. The van der Waals surface area contributed by atoms with Crippen molar-refractivity contribution >= 4 is 12.2 Å². The van der Waals surface area contributed by atoms with Gasteiger partial charge in [0.15, 0.2) is 16.0 Å². The minimum atomic E-state index is -0.0647. The predicted molar refractivity (Wildman–Crippen MR) is 63.8 cm³/mol. The predicted octanol–water partition coefficient (Wildman–Crippen LogP) is 1.71. The van der Waals surface area contributed by atoms with Gasteiger partial charge in [-0.25, -0.2) is 0 Å². The zero-order valence-electron chi connectivity index (χ0n) is 8.86. The lowest BCUT2D eigenvalue weighted by molar-refractivity contribution is 0.674. The summed E-state index contributed by atoms with van der Waals surface area (Å²) in [5.41, 5.74) is 0.466. The molecule has 0 fully saturated rings. The number of H-pyrrole nitrogens is 2. The molecule has 0 saturated carbocycles. The molecule has 0 aliphatic carbocycles. The summed E-state index contributed by atoms with van der Waals surface area (Å²) in [5.74, 6) is 0.591. The van der Waals surface area contributed by atoms with Gasteiger partial charge in [-0.15, -0.1) is 0 Å². The summed E-state index contributed by atoms with van der Waals surface area (Å²) in [6.07, 6.45) is 4.17. The van der Waals surface area contributed by atoms with Crippen molar-refractivity contribution < 1.29 is 0 Å². The van der Waals surface area contributed by atoms with Gasteiger partial charge in [0, 0.05) is 25.0 Å². The van der Waals surface area contributed by atoms with E-state index in [2.05, 4.69) is 15.2 Å². The Labute approximate surface area is 97.2 Å². The third-order valence-corrected chi connectivity index (χ3v) is 2.58. The van der Waals surface area contributed by atoms with Crippen LogP contribution < -0.4 is 5.43 Å². The minimum absolute atomic E-state index is 0.0647. The number of nitrogens with one attached hydrogen (secondary N) is 2. The van der Waals surface area contributed by atoms with Gasteiger partial charge in [-0.2, -0.15) is 5.10 Å². The van der Waals surface area contributed by atoms with Gasteiger partial charge in [-0.1, -0.05) is 6.92 Å². The average Bonchev–Trinajstić information content (AvgIpc) is 2.62. The van der Waals surface area contributed by atoms with Crippen molar-refractivity contribution in [2.75, 3.05) is 0 Å². The lowest BCUT2D eigenvalue weighted by Gasteiger charge is -2.03. The molecule has 2 aromatic heterocycles. The van der Waals surface area contributed by atoms with E-state index in [9.17, 15) is 4.79 Å². The second-order valence-electron chi connectivity index (χ2n) is 3.43. The van der Waals surface area contributed by atoms with Gasteiger partial charge >= 0.3 is 0 Å². The normalized spacial score (nSPS) is 10.6. The van der Waals surface area contributed by atoms with Crippen LogP contribution in [0.2, 0.25) is 0 Å². The molecule has 6 heteroatoms. The molecule has 84 valence electrons. The number of nitrogens with zero attached hydrogens (tertiary/aromatic N) is 2. The van der Waals surface area contributed by atoms with Crippen LogP contribution in [0.25, 0.3) is 11.4 Å². The fraction of sp³-hybridized carbons (Fsp3) is 0.300. The molecule has 0 radical (unpaired) electrons. The second-order valence-corrected chi connectivity index (χ2v) is 3.81. The van der Waals surface area contributed by atoms with Crippen LogP contribution >= 0.6 is 12.2 Å². The highest BCUT2D eigenvalue weighted by molar-refractivity contribution is 7.71. The summed E-state index contributed by atoms with van der Waals surface area (Å²) in [5, 5.41) is 6.80. The first-order valence-corrected chi connectivity index (χ1v) is 5.47. The lowest BCUT2D eigenvalue weighted by Crippen LogP contribution is -2.08. The van der Waals surface area contributed by atoms with Crippen LogP contribution in [0.4, 0.5) is 0 Å². The van der Waals surface area contributed by atoms with Crippen LogP contribution in [0.3, 0.4) is 0 Å². The zero-order chi connectivity index (χ0) is 11.5. The molecular formula is C10H12N4OS. The van der Waals surface area contributed by atoms with E-state index in [1.807, 2.05) is 11.5 Å². The molecule has 5 nitrogen and oxygen atoms in total. The van der Waals surface area contributed by atoms with Gasteiger partial charge in [-0.3, -0.25) is 9.89 Å². The van der Waals surface area contributed by atoms with E-state index < -0.39 is 0 Å². The molecule has 0 bridgehead atoms. The van der Waals surface area contributed by atoms with Crippen LogP contribution in [0.1, 0.15) is 13.3 Å². The van der Waals surface area contributed by atoms with Crippen molar-refractivity contribution in [3.05, 3.63) is 33.5 Å². The molecule has 0 aromatic carbocycles. The van der Waals surface area contributed by atoms with Gasteiger partial charge in [0.1, 0.15) is 0 Å². The Kier molecular flexibility index (Phi) is 3.00. The molecule has 2 N–H and O–H groups in total. The van der Waals surface area contributed by atoms with Crippen LogP contribution in [0.5, 0.6) is 0 Å². The van der Waals surface area contributed by atoms with E-state index in [4.69, 9.17) is 12.2 Å². The van der Waals surface area contributed by atoms with Crippen LogP contribution in [-0.4, -0.2) is 19.7 Å². The van der Waals surface area contributed by atoms with Gasteiger partial charge in [0.25, 0.3) is 0 Å². The van der Waals surface area contributed by atoms with E-state index in [0.717, 1.165) is 13.0 Å². The Balaban J connectivity index is 2.61. The SMILES string of the molecule is CCCn1c(-c2c[nH]ccc2=O)n[nH]c1=S. The molecule has 0 aliphatic heterocycles. The molecule has 2 rings (SSSR count). The van der Waals surface area contributed by atoms with Crippen molar-refractivity contribution in [2.45, 2.75) is 19.9 Å². The molecular weight excluding hydrogens is 224 g/mol. The quantitative estimate of drug-likeness (QED) is 0.797. The highest BCUT2D eigenvalue weighted by Crippen LogP contribution is 2.12. The third-order valence-electron chi connectivity index (χ3n) is 2.27. The molecule has 16 heavy (non-hydrogen) atoms. The van der Waals surface area contributed by atoms with Crippen LogP contribution in [0, 0.1) is 4.77 Å². The van der Waals surface area contributed by atoms with E-state index in [-0.39, 0.29) is 5.43 Å². The largest absolute Gasteiger partial charge is 0.367 e. The standard InChI is InChI=1S/C10H12N4OS/c1-2-5-14-9(12-13-10(14)16)7-6-11-4-3-8(7)15/h3-4,6H,2,5H2,1H3,(H,11,15)(H,13,16). The molecule has 0 atom stereocenters. The number of rotatable bonds is 3. The lowest BCUT2D eigenvalue weighted by atomic mass is 10.2. The number of aromatic nitrogens is 4. The Hall–Kier alpha value is -1.69. The van der Waals surface area contributed by atoms with Gasteiger partial charge in [0.05, 0.1) is 5.56 Å². The molecule has 0 saturated heterocycles. The van der Waals surface area contributed by atoms with Gasteiger partial charge in [0.2, 0.25) is 0 Å². The summed E-state index contributed by atoms with van der Waals surface area (Å²) >= 11 is 5.11. The maximum atomic E-state index is 11.7. The van der Waals surface area contributed by atoms with E-state index in [0.29, 0.717) is 16.2 Å². The first-order valence-electron chi connectivity index (χ1n) is 5.06. The maximum absolute atomic E-state index is 11.7. The van der Waals surface area contributed by atoms with Crippen molar-refractivity contribution in [2.24, 2.45) is 0 Å². The summed E-state index contributed by atoms with van der Waals surface area (Å²) in [6.45, 7) is 2.80. The highest BCUT2D eigenvalue weighted by Gasteiger charge is 2.10. The molecule has 0 unspecified atom stereocenters. The Morgan fingerprint density at radius 1 is 1.56 bits per heavy atom. The van der Waals surface area contributed by atoms with E-state index in [1.54, 1.807) is 12.4 Å². The number of pyridine rings is 1. The Morgan fingerprint density at radius 2 is 2.38 bits per heavy atom. The molecule has 2 aromatic rings. The fourth-order valence-corrected chi connectivity index (χ4v) is 1.77. The van der Waals surface area contributed by atoms with E-state index >= 15 is 0 Å². The first kappa shape index (κ1) is 10.8. The zero-order valence-corrected chi connectivity index (χ0v) is 9.67. The number of hydrogen-bond donors (Lipinski definition) is 2. The van der Waals surface area contributed by atoms with E-state index in [1.165, 1.54) is 6.07 Å². The number of hydrogen-bond acceptors (Lipinski definition) is 3. The monoisotopic (exact) mass is 236 g/mol. The highest BCUT2D eigenvalue weighted by atomic mass is 32.1. The Bertz CT molecular complexity index is 595. The molecule has 2 heterocycles. The van der Waals surface area contributed by atoms with Gasteiger partial charge in [-0.05, 0) is 18.6 Å². The molecule has 0 spiro atoms. The maximum Gasteiger partial charge on any atom is 0.195 e. The summed E-state index contributed by atoms with van der Waals surface area (Å²) < 4.78 is 2.38. The smallest absolute Gasteiger partial charge is 0.195 e. The Morgan fingerprint density at radius 3 is 3.06 bits per heavy atom. The number of aromatic amines is 2. The van der Waals surface area contributed by atoms with Gasteiger partial charge < -0.3 is 9.55 Å². The topological polar surface area (TPSA) is 66.5 Å². The van der Waals surface area contributed by atoms with Crippen LogP contribution in [0.15, 0.2) is 23.3 Å². The van der Waals surface area contributed by atoms with Crippen LogP contribution in [-0.2, 0) is 6.54 Å². The first-order chi connectivity index (χ1) is 7.74. The van der Waals surface area contributed by atoms with Crippen molar-refractivity contribution in [3.63, 3.8) is 0 Å². The van der Waals surface area contributed by atoms with Crippen molar-refractivity contribution in [1.82, 2.24) is 19.7 Å². The molecule has 0 aliphatic rings. The summed E-state index contributed by atoms with van der Waals surface area (Å²) in [4.78, 5) is 14.5. The van der Waals surface area contributed by atoms with Crippen molar-refractivity contribution in [1.29, 1.82) is 0 Å².